The smallest absolute Gasteiger partial charge is 0.248 e. The van der Waals surface area contributed by atoms with Crippen LogP contribution in [0.25, 0.3) is 6.08 Å². The molecule has 3 nitrogen and oxygen atoms in total. The molecule has 0 aliphatic rings. The normalized spacial score (nSPS) is 10.6. The zero-order valence-electron chi connectivity index (χ0n) is 11.3. The standard InChI is InChI=1S/C16H13BrClNO2/c1-21-13-6-2-11(3-7-13)4-9-16(20)19-15-8-5-12(17)10-14(15)18/h2-10H,1H3,(H,19,20)/b9-4+. The van der Waals surface area contributed by atoms with Crippen LogP contribution in [0.3, 0.4) is 0 Å². The molecule has 2 aromatic rings. The molecule has 0 bridgehead atoms. The van der Waals surface area contributed by atoms with Gasteiger partial charge in [-0.05, 0) is 42.0 Å². The van der Waals surface area contributed by atoms with E-state index in [1.807, 2.05) is 30.3 Å². The number of carbonyl (C=O) groups excluding carboxylic acids is 1. The van der Waals surface area contributed by atoms with E-state index in [-0.39, 0.29) is 5.91 Å². The third kappa shape index (κ3) is 4.62. The number of anilines is 1. The molecule has 21 heavy (non-hydrogen) atoms. The number of ether oxygens (including phenoxy) is 1. The van der Waals surface area contributed by atoms with Gasteiger partial charge in [-0.2, -0.15) is 0 Å². The van der Waals surface area contributed by atoms with E-state index in [9.17, 15) is 4.79 Å². The zero-order valence-corrected chi connectivity index (χ0v) is 13.6. The van der Waals surface area contributed by atoms with E-state index in [1.165, 1.54) is 6.08 Å². The third-order valence-corrected chi connectivity index (χ3v) is 3.54. The number of benzene rings is 2. The SMILES string of the molecule is COc1ccc(/C=C/C(=O)Nc2ccc(Br)cc2Cl)cc1. The molecule has 2 aromatic carbocycles. The predicted molar refractivity (Wildman–Crippen MR) is 89.8 cm³/mol. The van der Waals surface area contributed by atoms with Crippen molar-refractivity contribution in [3.63, 3.8) is 0 Å². The van der Waals surface area contributed by atoms with Gasteiger partial charge in [0.15, 0.2) is 0 Å². The first-order valence-electron chi connectivity index (χ1n) is 6.16. The van der Waals surface area contributed by atoms with Crippen LogP contribution in [0.1, 0.15) is 5.56 Å². The van der Waals surface area contributed by atoms with E-state index in [0.717, 1.165) is 15.8 Å². The second-order valence-corrected chi connectivity index (χ2v) is 5.54. The van der Waals surface area contributed by atoms with Crippen molar-refractivity contribution >= 4 is 45.2 Å². The van der Waals surface area contributed by atoms with Crippen LogP contribution in [0.2, 0.25) is 5.02 Å². The number of hydrogen-bond acceptors (Lipinski definition) is 2. The minimum absolute atomic E-state index is 0.241. The van der Waals surface area contributed by atoms with Crippen LogP contribution >= 0.6 is 27.5 Å². The third-order valence-electron chi connectivity index (χ3n) is 2.73. The Kier molecular flexibility index (Phi) is 5.42. The molecule has 0 unspecified atom stereocenters. The summed E-state index contributed by atoms with van der Waals surface area (Å²) in [6, 6.07) is 12.7. The van der Waals surface area contributed by atoms with Crippen LogP contribution in [-0.2, 0) is 4.79 Å². The van der Waals surface area contributed by atoms with E-state index in [4.69, 9.17) is 16.3 Å². The summed E-state index contributed by atoms with van der Waals surface area (Å²) in [5.41, 5.74) is 1.48. The van der Waals surface area contributed by atoms with Crippen molar-refractivity contribution in [2.45, 2.75) is 0 Å². The van der Waals surface area contributed by atoms with Crippen molar-refractivity contribution < 1.29 is 9.53 Å². The maximum Gasteiger partial charge on any atom is 0.248 e. The van der Waals surface area contributed by atoms with E-state index in [0.29, 0.717) is 10.7 Å². The highest BCUT2D eigenvalue weighted by molar-refractivity contribution is 9.10. The summed E-state index contributed by atoms with van der Waals surface area (Å²) in [5, 5.41) is 3.21. The van der Waals surface area contributed by atoms with Gasteiger partial charge in [-0.3, -0.25) is 4.79 Å². The number of nitrogens with one attached hydrogen (secondary N) is 1. The number of methoxy groups -OCH3 is 1. The molecule has 0 heterocycles. The largest absolute Gasteiger partial charge is 0.497 e. The van der Waals surface area contributed by atoms with Gasteiger partial charge in [-0.15, -0.1) is 0 Å². The zero-order chi connectivity index (χ0) is 15.2. The molecular formula is C16H13BrClNO2. The fourth-order valence-electron chi connectivity index (χ4n) is 1.65. The molecule has 0 saturated carbocycles. The summed E-state index contributed by atoms with van der Waals surface area (Å²) in [4.78, 5) is 11.9. The average molecular weight is 367 g/mol. The quantitative estimate of drug-likeness (QED) is 0.792. The molecule has 2 rings (SSSR count). The van der Waals surface area contributed by atoms with Crippen molar-refractivity contribution in [3.05, 3.63) is 63.6 Å². The van der Waals surface area contributed by atoms with Gasteiger partial charge in [0, 0.05) is 10.5 Å². The molecule has 1 amide bonds. The van der Waals surface area contributed by atoms with Crippen LogP contribution in [0.4, 0.5) is 5.69 Å². The Morgan fingerprint density at radius 3 is 2.57 bits per heavy atom. The second kappa shape index (κ2) is 7.29. The molecule has 5 heteroatoms. The Balaban J connectivity index is 2.01. The lowest BCUT2D eigenvalue weighted by Crippen LogP contribution is -2.08. The monoisotopic (exact) mass is 365 g/mol. The van der Waals surface area contributed by atoms with E-state index >= 15 is 0 Å². The van der Waals surface area contributed by atoms with Gasteiger partial charge < -0.3 is 10.1 Å². The van der Waals surface area contributed by atoms with Crippen LogP contribution in [0, 0.1) is 0 Å². The fourth-order valence-corrected chi connectivity index (χ4v) is 2.37. The van der Waals surface area contributed by atoms with Crippen molar-refractivity contribution in [3.8, 4) is 5.75 Å². The Morgan fingerprint density at radius 2 is 1.95 bits per heavy atom. The van der Waals surface area contributed by atoms with Crippen molar-refractivity contribution in [2.24, 2.45) is 0 Å². The molecule has 0 spiro atoms. The van der Waals surface area contributed by atoms with Gasteiger partial charge in [-0.25, -0.2) is 0 Å². The average Bonchev–Trinajstić information content (AvgIpc) is 2.48. The topological polar surface area (TPSA) is 38.3 Å². The number of carbonyl (C=O) groups is 1. The Morgan fingerprint density at radius 1 is 1.24 bits per heavy atom. The molecule has 0 atom stereocenters. The minimum atomic E-state index is -0.241. The van der Waals surface area contributed by atoms with Gasteiger partial charge in [0.05, 0.1) is 17.8 Å². The first kappa shape index (κ1) is 15.6. The molecule has 0 aromatic heterocycles. The summed E-state index contributed by atoms with van der Waals surface area (Å²) >= 11 is 9.36. The van der Waals surface area contributed by atoms with E-state index in [2.05, 4.69) is 21.2 Å². The summed E-state index contributed by atoms with van der Waals surface area (Å²) in [5.74, 6) is 0.535. The second-order valence-electron chi connectivity index (χ2n) is 4.22. The minimum Gasteiger partial charge on any atom is -0.497 e. The van der Waals surface area contributed by atoms with E-state index in [1.54, 1.807) is 25.3 Å². The molecule has 0 radical (unpaired) electrons. The van der Waals surface area contributed by atoms with Gasteiger partial charge in [0.25, 0.3) is 0 Å². The lowest BCUT2D eigenvalue weighted by molar-refractivity contribution is -0.111. The van der Waals surface area contributed by atoms with Gasteiger partial charge in [0.1, 0.15) is 5.75 Å². The van der Waals surface area contributed by atoms with Crippen molar-refractivity contribution in [1.82, 2.24) is 0 Å². The van der Waals surface area contributed by atoms with Crippen molar-refractivity contribution in [2.75, 3.05) is 12.4 Å². The molecule has 0 aliphatic carbocycles. The molecule has 1 N–H and O–H groups in total. The van der Waals surface area contributed by atoms with E-state index < -0.39 is 0 Å². The predicted octanol–water partition coefficient (Wildman–Crippen LogP) is 4.76. The molecule has 0 fully saturated rings. The first-order valence-corrected chi connectivity index (χ1v) is 7.34. The lowest BCUT2D eigenvalue weighted by Gasteiger charge is -2.05. The maximum absolute atomic E-state index is 11.9. The summed E-state index contributed by atoms with van der Waals surface area (Å²) in [6.07, 6.45) is 3.18. The van der Waals surface area contributed by atoms with Gasteiger partial charge in [-0.1, -0.05) is 39.7 Å². The molecule has 0 aliphatic heterocycles. The molecular weight excluding hydrogens is 354 g/mol. The van der Waals surface area contributed by atoms with Crippen LogP contribution < -0.4 is 10.1 Å². The van der Waals surface area contributed by atoms with Crippen LogP contribution in [-0.4, -0.2) is 13.0 Å². The number of rotatable bonds is 4. The summed E-state index contributed by atoms with van der Waals surface area (Å²) < 4.78 is 5.94. The fraction of sp³-hybridized carbons (Fsp3) is 0.0625. The molecule has 108 valence electrons. The highest BCUT2D eigenvalue weighted by Gasteiger charge is 2.03. The Bertz CT molecular complexity index is 668. The highest BCUT2D eigenvalue weighted by atomic mass is 79.9. The van der Waals surface area contributed by atoms with Gasteiger partial charge in [0.2, 0.25) is 5.91 Å². The number of halogens is 2. The number of hydrogen-bond donors (Lipinski definition) is 1. The maximum atomic E-state index is 11.9. The number of amides is 1. The molecule has 0 saturated heterocycles. The first-order chi connectivity index (χ1) is 10.1. The summed E-state index contributed by atoms with van der Waals surface area (Å²) in [7, 11) is 1.61. The van der Waals surface area contributed by atoms with Crippen LogP contribution in [0.5, 0.6) is 5.75 Å². The Labute approximate surface area is 136 Å². The highest BCUT2D eigenvalue weighted by Crippen LogP contribution is 2.25. The van der Waals surface area contributed by atoms with Crippen molar-refractivity contribution in [1.29, 1.82) is 0 Å². The van der Waals surface area contributed by atoms with Crippen LogP contribution in [0.15, 0.2) is 53.0 Å². The summed E-state index contributed by atoms with van der Waals surface area (Å²) in [6.45, 7) is 0. The lowest BCUT2D eigenvalue weighted by atomic mass is 10.2. The van der Waals surface area contributed by atoms with Gasteiger partial charge >= 0.3 is 0 Å². The Hall–Kier alpha value is -1.78.